The Bertz CT molecular complexity index is 541. The Kier molecular flexibility index (Phi) is 6.24. The SMILES string of the molecule is CN(CCC(=O)O)C(=O)CCCn1cc(Cl)ccc1=O. The highest BCUT2D eigenvalue weighted by Crippen LogP contribution is 2.05. The molecule has 1 aromatic rings. The molecule has 1 heterocycles. The third-order valence-electron chi connectivity index (χ3n) is 2.82. The number of carbonyl (C=O) groups excluding carboxylic acids is 1. The summed E-state index contributed by atoms with van der Waals surface area (Å²) in [5.41, 5.74) is -0.166. The summed E-state index contributed by atoms with van der Waals surface area (Å²) in [6, 6.07) is 2.90. The molecule has 110 valence electrons. The molecule has 0 fully saturated rings. The summed E-state index contributed by atoms with van der Waals surface area (Å²) in [5, 5.41) is 9.00. The van der Waals surface area contributed by atoms with Gasteiger partial charge in [-0.1, -0.05) is 11.6 Å². The summed E-state index contributed by atoms with van der Waals surface area (Å²) >= 11 is 5.79. The summed E-state index contributed by atoms with van der Waals surface area (Å²) in [5.74, 6) is -1.07. The molecule has 1 amide bonds. The summed E-state index contributed by atoms with van der Waals surface area (Å²) in [6.07, 6.45) is 2.21. The number of nitrogens with zero attached hydrogens (tertiary/aromatic N) is 2. The van der Waals surface area contributed by atoms with Gasteiger partial charge in [-0.15, -0.1) is 0 Å². The van der Waals surface area contributed by atoms with Gasteiger partial charge in [0, 0.05) is 38.8 Å². The van der Waals surface area contributed by atoms with Crippen LogP contribution in [0.1, 0.15) is 19.3 Å². The molecule has 0 aromatic carbocycles. The minimum absolute atomic E-state index is 0.0734. The normalized spacial score (nSPS) is 10.3. The molecule has 1 aromatic heterocycles. The van der Waals surface area contributed by atoms with Gasteiger partial charge in [0.2, 0.25) is 5.91 Å². The molecule has 0 aliphatic carbocycles. The molecule has 1 N–H and O–H groups in total. The van der Waals surface area contributed by atoms with E-state index in [0.717, 1.165) is 0 Å². The Morgan fingerprint density at radius 3 is 2.70 bits per heavy atom. The average molecular weight is 301 g/mol. The summed E-state index contributed by atoms with van der Waals surface area (Å²) in [4.78, 5) is 35.0. The number of hydrogen-bond acceptors (Lipinski definition) is 3. The summed E-state index contributed by atoms with van der Waals surface area (Å²) < 4.78 is 1.45. The first-order valence-corrected chi connectivity index (χ1v) is 6.59. The summed E-state index contributed by atoms with van der Waals surface area (Å²) in [7, 11) is 1.57. The molecular formula is C13H17ClN2O4. The van der Waals surface area contributed by atoms with Crippen LogP contribution in [0.15, 0.2) is 23.1 Å². The van der Waals surface area contributed by atoms with Gasteiger partial charge in [-0.25, -0.2) is 0 Å². The number of pyridine rings is 1. The second-order valence-corrected chi connectivity index (χ2v) is 4.88. The zero-order chi connectivity index (χ0) is 15.1. The maximum atomic E-state index is 11.7. The van der Waals surface area contributed by atoms with Crippen molar-refractivity contribution in [2.45, 2.75) is 25.8 Å². The van der Waals surface area contributed by atoms with Gasteiger partial charge < -0.3 is 14.6 Å². The average Bonchev–Trinajstić information content (AvgIpc) is 2.39. The van der Waals surface area contributed by atoms with Gasteiger partial charge >= 0.3 is 5.97 Å². The van der Waals surface area contributed by atoms with Gasteiger partial charge in [0.15, 0.2) is 0 Å². The van der Waals surface area contributed by atoms with Crippen LogP contribution in [0.3, 0.4) is 0 Å². The Balaban J connectivity index is 2.40. The number of hydrogen-bond donors (Lipinski definition) is 1. The minimum atomic E-state index is -0.935. The van der Waals surface area contributed by atoms with Gasteiger partial charge in [0.05, 0.1) is 11.4 Å². The highest BCUT2D eigenvalue weighted by molar-refractivity contribution is 6.30. The number of aliphatic carboxylic acids is 1. The van der Waals surface area contributed by atoms with E-state index in [1.165, 1.54) is 27.8 Å². The minimum Gasteiger partial charge on any atom is -0.481 e. The van der Waals surface area contributed by atoms with Crippen LogP contribution in [0, 0.1) is 0 Å². The van der Waals surface area contributed by atoms with E-state index in [4.69, 9.17) is 16.7 Å². The molecule has 0 atom stereocenters. The molecule has 0 spiro atoms. The van der Waals surface area contributed by atoms with Crippen molar-refractivity contribution >= 4 is 23.5 Å². The van der Waals surface area contributed by atoms with Crippen LogP contribution in [-0.4, -0.2) is 40.0 Å². The van der Waals surface area contributed by atoms with E-state index in [1.807, 2.05) is 0 Å². The third kappa shape index (κ3) is 5.44. The highest BCUT2D eigenvalue weighted by Gasteiger charge is 2.10. The zero-order valence-electron chi connectivity index (χ0n) is 11.2. The lowest BCUT2D eigenvalue weighted by molar-refractivity contribution is -0.138. The van der Waals surface area contributed by atoms with Crippen molar-refractivity contribution in [2.75, 3.05) is 13.6 Å². The van der Waals surface area contributed by atoms with Gasteiger partial charge in [0.1, 0.15) is 0 Å². The van der Waals surface area contributed by atoms with E-state index in [0.29, 0.717) is 18.0 Å². The van der Waals surface area contributed by atoms with Crippen LogP contribution in [0.2, 0.25) is 5.02 Å². The fourth-order valence-electron chi connectivity index (χ4n) is 1.66. The fourth-order valence-corrected chi connectivity index (χ4v) is 1.84. The monoisotopic (exact) mass is 300 g/mol. The fraction of sp³-hybridized carbons (Fsp3) is 0.462. The smallest absolute Gasteiger partial charge is 0.305 e. The van der Waals surface area contributed by atoms with Crippen LogP contribution in [-0.2, 0) is 16.1 Å². The van der Waals surface area contributed by atoms with Crippen LogP contribution >= 0.6 is 11.6 Å². The Morgan fingerprint density at radius 1 is 1.35 bits per heavy atom. The van der Waals surface area contributed by atoms with Crippen molar-refractivity contribution < 1.29 is 14.7 Å². The molecule has 20 heavy (non-hydrogen) atoms. The number of carbonyl (C=O) groups is 2. The lowest BCUT2D eigenvalue weighted by Crippen LogP contribution is -2.29. The number of carboxylic acids is 1. The Morgan fingerprint density at radius 2 is 2.05 bits per heavy atom. The maximum Gasteiger partial charge on any atom is 0.305 e. The van der Waals surface area contributed by atoms with E-state index in [2.05, 4.69) is 0 Å². The molecule has 7 heteroatoms. The van der Waals surface area contributed by atoms with Crippen molar-refractivity contribution in [3.63, 3.8) is 0 Å². The first-order valence-electron chi connectivity index (χ1n) is 6.22. The van der Waals surface area contributed by atoms with E-state index >= 15 is 0 Å². The van der Waals surface area contributed by atoms with Crippen LogP contribution in [0.5, 0.6) is 0 Å². The number of amides is 1. The van der Waals surface area contributed by atoms with Gasteiger partial charge in [0.25, 0.3) is 5.56 Å². The Labute approximate surface area is 121 Å². The molecule has 6 nitrogen and oxygen atoms in total. The molecule has 0 saturated heterocycles. The number of aromatic nitrogens is 1. The van der Waals surface area contributed by atoms with Gasteiger partial charge in [-0.05, 0) is 12.5 Å². The quantitative estimate of drug-likeness (QED) is 0.821. The number of aryl methyl sites for hydroxylation is 1. The second kappa shape index (κ2) is 7.69. The largest absolute Gasteiger partial charge is 0.481 e. The maximum absolute atomic E-state index is 11.7. The highest BCUT2D eigenvalue weighted by atomic mass is 35.5. The first-order chi connectivity index (χ1) is 9.40. The number of halogens is 1. The molecule has 1 rings (SSSR count). The molecule has 0 bridgehead atoms. The number of carboxylic acid groups (broad SMARTS) is 1. The third-order valence-corrected chi connectivity index (χ3v) is 3.05. The van der Waals surface area contributed by atoms with Crippen LogP contribution in [0.25, 0.3) is 0 Å². The molecular weight excluding hydrogens is 284 g/mol. The van der Waals surface area contributed by atoms with Crippen LogP contribution in [0.4, 0.5) is 0 Å². The zero-order valence-corrected chi connectivity index (χ0v) is 12.0. The van der Waals surface area contributed by atoms with Crippen molar-refractivity contribution in [3.8, 4) is 0 Å². The van der Waals surface area contributed by atoms with E-state index in [-0.39, 0.29) is 30.9 Å². The van der Waals surface area contributed by atoms with Gasteiger partial charge in [-0.3, -0.25) is 14.4 Å². The predicted octanol–water partition coefficient (Wildman–Crippen LogP) is 1.21. The molecule has 0 radical (unpaired) electrons. The standard InChI is InChI=1S/C13H17ClN2O4/c1-15(8-6-13(19)20)11(17)3-2-7-16-9-10(14)4-5-12(16)18/h4-5,9H,2-3,6-8H2,1H3,(H,19,20). The van der Waals surface area contributed by atoms with Crippen molar-refractivity contribution in [3.05, 3.63) is 33.7 Å². The lowest BCUT2D eigenvalue weighted by Gasteiger charge is -2.16. The molecule has 0 aliphatic heterocycles. The second-order valence-electron chi connectivity index (χ2n) is 4.44. The van der Waals surface area contributed by atoms with E-state index < -0.39 is 5.97 Å². The predicted molar refractivity (Wildman–Crippen MR) is 74.8 cm³/mol. The van der Waals surface area contributed by atoms with E-state index in [1.54, 1.807) is 7.05 Å². The molecule has 0 saturated carbocycles. The van der Waals surface area contributed by atoms with Crippen molar-refractivity contribution in [1.82, 2.24) is 9.47 Å². The molecule has 0 unspecified atom stereocenters. The number of rotatable bonds is 7. The van der Waals surface area contributed by atoms with Crippen LogP contribution < -0.4 is 5.56 Å². The first kappa shape index (κ1) is 16.2. The lowest BCUT2D eigenvalue weighted by atomic mass is 10.2. The summed E-state index contributed by atoms with van der Waals surface area (Å²) in [6.45, 7) is 0.586. The molecule has 0 aliphatic rings. The Hall–Kier alpha value is -1.82. The van der Waals surface area contributed by atoms with Gasteiger partial charge in [-0.2, -0.15) is 0 Å². The topological polar surface area (TPSA) is 79.6 Å². The van der Waals surface area contributed by atoms with Crippen molar-refractivity contribution in [2.24, 2.45) is 0 Å². The van der Waals surface area contributed by atoms with E-state index in [9.17, 15) is 14.4 Å². The van der Waals surface area contributed by atoms with Crippen molar-refractivity contribution in [1.29, 1.82) is 0 Å².